The van der Waals surface area contributed by atoms with Crippen LogP contribution in [0.4, 0.5) is 5.69 Å². The summed E-state index contributed by atoms with van der Waals surface area (Å²) in [5, 5.41) is 0. The lowest BCUT2D eigenvalue weighted by Gasteiger charge is -2.30. The number of nitrogens with zero attached hydrogens (tertiary/aromatic N) is 1. The van der Waals surface area contributed by atoms with E-state index in [1.807, 2.05) is 12.1 Å². The van der Waals surface area contributed by atoms with Gasteiger partial charge < -0.3 is 10.6 Å². The summed E-state index contributed by atoms with van der Waals surface area (Å²) in [4.78, 5) is 2.22. The van der Waals surface area contributed by atoms with Gasteiger partial charge in [-0.2, -0.15) is 0 Å². The van der Waals surface area contributed by atoms with E-state index in [1.165, 1.54) is 0 Å². The Kier molecular flexibility index (Phi) is 4.21. The third-order valence-corrected chi connectivity index (χ3v) is 2.98. The van der Waals surface area contributed by atoms with Gasteiger partial charge in [0, 0.05) is 22.4 Å². The van der Waals surface area contributed by atoms with Gasteiger partial charge in [0.25, 0.3) is 0 Å². The lowest BCUT2D eigenvalue weighted by molar-refractivity contribution is 0.720. The van der Waals surface area contributed by atoms with Gasteiger partial charge >= 0.3 is 0 Å². The maximum atomic E-state index is 5.74. The standard InChI is InChI=1S/C12H17BrN2/c1-4-15(10(3)9(2)14)12-7-5-6-11(13)8-12/h5-8,10H,2,4,14H2,1,3H3. The lowest BCUT2D eigenvalue weighted by atomic mass is 10.2. The zero-order chi connectivity index (χ0) is 11.4. The Bertz CT molecular complexity index is 349. The average molecular weight is 269 g/mol. The molecule has 0 heterocycles. The van der Waals surface area contributed by atoms with Crippen molar-refractivity contribution in [1.29, 1.82) is 0 Å². The van der Waals surface area contributed by atoms with E-state index in [1.54, 1.807) is 0 Å². The maximum Gasteiger partial charge on any atom is 0.0652 e. The molecule has 0 amide bonds. The van der Waals surface area contributed by atoms with Crippen molar-refractivity contribution in [2.45, 2.75) is 19.9 Å². The van der Waals surface area contributed by atoms with Crippen molar-refractivity contribution in [2.24, 2.45) is 5.73 Å². The Morgan fingerprint density at radius 1 is 1.60 bits per heavy atom. The number of hydrogen-bond acceptors (Lipinski definition) is 2. The number of likely N-dealkylation sites (N-methyl/N-ethyl adjacent to an activating group) is 1. The highest BCUT2D eigenvalue weighted by Crippen LogP contribution is 2.22. The molecule has 0 radical (unpaired) electrons. The largest absolute Gasteiger partial charge is 0.401 e. The Morgan fingerprint density at radius 3 is 2.73 bits per heavy atom. The summed E-state index contributed by atoms with van der Waals surface area (Å²) in [5.74, 6) is 0. The maximum absolute atomic E-state index is 5.74. The number of anilines is 1. The van der Waals surface area contributed by atoms with Gasteiger partial charge in [0.05, 0.1) is 6.04 Å². The predicted molar refractivity (Wildman–Crippen MR) is 70.0 cm³/mol. The Morgan fingerprint density at radius 2 is 2.27 bits per heavy atom. The van der Waals surface area contributed by atoms with Crippen LogP contribution in [0.5, 0.6) is 0 Å². The van der Waals surface area contributed by atoms with Crippen molar-refractivity contribution in [3.63, 3.8) is 0 Å². The van der Waals surface area contributed by atoms with Crippen molar-refractivity contribution in [3.05, 3.63) is 41.0 Å². The second kappa shape index (κ2) is 5.21. The van der Waals surface area contributed by atoms with E-state index >= 15 is 0 Å². The highest BCUT2D eigenvalue weighted by Gasteiger charge is 2.13. The van der Waals surface area contributed by atoms with Gasteiger partial charge in [0.1, 0.15) is 0 Å². The van der Waals surface area contributed by atoms with Crippen LogP contribution in [0.2, 0.25) is 0 Å². The van der Waals surface area contributed by atoms with Crippen LogP contribution < -0.4 is 10.6 Å². The molecule has 0 fully saturated rings. The zero-order valence-corrected chi connectivity index (χ0v) is 10.8. The summed E-state index contributed by atoms with van der Waals surface area (Å²) in [7, 11) is 0. The lowest BCUT2D eigenvalue weighted by Crippen LogP contribution is -2.36. The molecule has 3 heteroatoms. The molecule has 1 rings (SSSR count). The quantitative estimate of drug-likeness (QED) is 0.909. The van der Waals surface area contributed by atoms with E-state index < -0.39 is 0 Å². The summed E-state index contributed by atoms with van der Waals surface area (Å²) in [5.41, 5.74) is 7.59. The molecule has 1 unspecified atom stereocenters. The molecule has 0 saturated carbocycles. The fourth-order valence-corrected chi connectivity index (χ4v) is 1.92. The second-order valence-corrected chi connectivity index (χ2v) is 4.43. The first-order chi connectivity index (χ1) is 7.06. The summed E-state index contributed by atoms with van der Waals surface area (Å²) in [6.07, 6.45) is 0. The molecule has 0 saturated heterocycles. The summed E-state index contributed by atoms with van der Waals surface area (Å²) in [6, 6.07) is 8.36. The van der Waals surface area contributed by atoms with E-state index in [4.69, 9.17) is 5.73 Å². The van der Waals surface area contributed by atoms with Crippen LogP contribution >= 0.6 is 15.9 Å². The molecule has 0 aliphatic heterocycles. The third kappa shape index (κ3) is 2.99. The molecule has 0 aromatic heterocycles. The predicted octanol–water partition coefficient (Wildman–Crippen LogP) is 3.14. The van der Waals surface area contributed by atoms with Gasteiger partial charge in [-0.3, -0.25) is 0 Å². The smallest absolute Gasteiger partial charge is 0.0652 e. The Hall–Kier alpha value is -0.960. The van der Waals surface area contributed by atoms with Gasteiger partial charge in [-0.25, -0.2) is 0 Å². The Labute approximate surface area is 99.9 Å². The summed E-state index contributed by atoms with van der Waals surface area (Å²) >= 11 is 3.47. The van der Waals surface area contributed by atoms with Crippen LogP contribution in [0, 0.1) is 0 Å². The molecule has 0 bridgehead atoms. The molecule has 1 aromatic carbocycles. The van der Waals surface area contributed by atoms with E-state index in [2.05, 4.69) is 53.4 Å². The topological polar surface area (TPSA) is 29.3 Å². The van der Waals surface area contributed by atoms with E-state index in [0.717, 1.165) is 16.7 Å². The van der Waals surface area contributed by atoms with Crippen LogP contribution in [0.1, 0.15) is 13.8 Å². The number of rotatable bonds is 4. The van der Waals surface area contributed by atoms with E-state index in [0.29, 0.717) is 5.70 Å². The fraction of sp³-hybridized carbons (Fsp3) is 0.333. The second-order valence-electron chi connectivity index (χ2n) is 3.52. The van der Waals surface area contributed by atoms with Crippen molar-refractivity contribution in [2.75, 3.05) is 11.4 Å². The van der Waals surface area contributed by atoms with Crippen LogP contribution in [-0.2, 0) is 0 Å². The summed E-state index contributed by atoms with van der Waals surface area (Å²) in [6.45, 7) is 8.88. The van der Waals surface area contributed by atoms with Gasteiger partial charge in [-0.15, -0.1) is 0 Å². The first-order valence-electron chi connectivity index (χ1n) is 5.02. The van der Waals surface area contributed by atoms with E-state index in [9.17, 15) is 0 Å². The highest BCUT2D eigenvalue weighted by molar-refractivity contribution is 9.10. The van der Waals surface area contributed by atoms with Crippen LogP contribution in [0.25, 0.3) is 0 Å². The number of halogens is 1. The van der Waals surface area contributed by atoms with Crippen LogP contribution in [-0.4, -0.2) is 12.6 Å². The Balaban J connectivity index is 2.97. The van der Waals surface area contributed by atoms with Crippen molar-refractivity contribution in [1.82, 2.24) is 0 Å². The van der Waals surface area contributed by atoms with Crippen LogP contribution in [0.3, 0.4) is 0 Å². The summed E-state index contributed by atoms with van der Waals surface area (Å²) < 4.78 is 1.08. The SMILES string of the molecule is C=C(N)C(C)N(CC)c1cccc(Br)c1. The molecule has 0 spiro atoms. The van der Waals surface area contributed by atoms with Crippen molar-refractivity contribution < 1.29 is 0 Å². The fourth-order valence-electron chi connectivity index (χ4n) is 1.53. The molecule has 0 aliphatic rings. The molecule has 2 nitrogen and oxygen atoms in total. The monoisotopic (exact) mass is 268 g/mol. The molecule has 2 N–H and O–H groups in total. The van der Waals surface area contributed by atoms with Gasteiger partial charge in [-0.1, -0.05) is 28.6 Å². The minimum absolute atomic E-state index is 0.157. The third-order valence-electron chi connectivity index (χ3n) is 2.48. The molecular weight excluding hydrogens is 252 g/mol. The first kappa shape index (κ1) is 12.1. The molecule has 82 valence electrons. The van der Waals surface area contributed by atoms with Gasteiger partial charge in [0.2, 0.25) is 0 Å². The molecule has 15 heavy (non-hydrogen) atoms. The number of nitrogens with two attached hydrogens (primary N) is 1. The molecule has 0 aliphatic carbocycles. The number of hydrogen-bond donors (Lipinski definition) is 1. The normalized spacial score (nSPS) is 12.2. The minimum Gasteiger partial charge on any atom is -0.401 e. The average Bonchev–Trinajstić information content (AvgIpc) is 2.18. The van der Waals surface area contributed by atoms with Gasteiger partial charge in [-0.05, 0) is 32.0 Å². The highest BCUT2D eigenvalue weighted by atomic mass is 79.9. The molecule has 1 aromatic rings. The van der Waals surface area contributed by atoms with Crippen molar-refractivity contribution in [3.8, 4) is 0 Å². The number of benzene rings is 1. The first-order valence-corrected chi connectivity index (χ1v) is 5.82. The van der Waals surface area contributed by atoms with Gasteiger partial charge in [0.15, 0.2) is 0 Å². The molecular formula is C12H17BrN2. The minimum atomic E-state index is 0.157. The van der Waals surface area contributed by atoms with E-state index in [-0.39, 0.29) is 6.04 Å². The zero-order valence-electron chi connectivity index (χ0n) is 9.20. The van der Waals surface area contributed by atoms with Crippen molar-refractivity contribution >= 4 is 21.6 Å². The molecule has 1 atom stereocenters. The van der Waals surface area contributed by atoms with Crippen LogP contribution in [0.15, 0.2) is 41.0 Å².